The molecule has 0 saturated carbocycles. The van der Waals surface area contributed by atoms with Gasteiger partial charge in [-0.2, -0.15) is 0 Å². The summed E-state index contributed by atoms with van der Waals surface area (Å²) in [7, 11) is 2.12. The van der Waals surface area contributed by atoms with Crippen LogP contribution in [0.15, 0.2) is 12.2 Å². The van der Waals surface area contributed by atoms with Crippen molar-refractivity contribution in [1.29, 1.82) is 0 Å². The first-order valence-corrected chi connectivity index (χ1v) is 8.67. The third-order valence-electron chi connectivity index (χ3n) is 2.74. The Morgan fingerprint density at radius 2 is 1.81 bits per heavy atom. The summed E-state index contributed by atoms with van der Waals surface area (Å²) in [5.41, 5.74) is 0. The molecule has 1 N–H and O–H groups in total. The second-order valence-corrected chi connectivity index (χ2v) is 7.35. The number of esters is 1. The maximum atomic E-state index is 11.0. The van der Waals surface area contributed by atoms with Gasteiger partial charge in [0.15, 0.2) is 0 Å². The highest BCUT2D eigenvalue weighted by atomic mass is 28.4. The summed E-state index contributed by atoms with van der Waals surface area (Å²) in [5.74, 6) is -0.479. The van der Waals surface area contributed by atoms with E-state index in [0.717, 1.165) is 0 Å². The van der Waals surface area contributed by atoms with Crippen LogP contribution >= 0.6 is 0 Å². The molecular formula is C13H26O7Si. The summed E-state index contributed by atoms with van der Waals surface area (Å²) in [6.07, 6.45) is 2.71. The third kappa shape index (κ3) is 8.97. The number of carbonyl (C=O) groups excluding carboxylic acids is 1. The number of rotatable bonds is 12. The van der Waals surface area contributed by atoms with Crippen molar-refractivity contribution in [2.45, 2.75) is 25.5 Å². The molecule has 0 aliphatic heterocycles. The number of ether oxygens (including phenoxy) is 2. The zero-order valence-electron chi connectivity index (χ0n) is 13.2. The van der Waals surface area contributed by atoms with Crippen molar-refractivity contribution in [3.05, 3.63) is 12.2 Å². The molecule has 0 aromatic heterocycles. The lowest BCUT2D eigenvalue weighted by Gasteiger charge is -2.24. The van der Waals surface area contributed by atoms with Crippen molar-refractivity contribution in [2.24, 2.45) is 0 Å². The molecule has 0 fully saturated rings. The van der Waals surface area contributed by atoms with Crippen molar-refractivity contribution in [3.8, 4) is 0 Å². The highest BCUT2D eigenvalue weighted by Gasteiger charge is 2.36. The molecule has 0 aromatic carbocycles. The number of aliphatic hydroxyl groups is 1. The Morgan fingerprint density at radius 1 is 1.19 bits per heavy atom. The van der Waals surface area contributed by atoms with Crippen LogP contribution in [0.25, 0.3) is 0 Å². The predicted molar refractivity (Wildman–Crippen MR) is 78.8 cm³/mol. The monoisotopic (exact) mass is 322 g/mol. The van der Waals surface area contributed by atoms with Gasteiger partial charge in [0.2, 0.25) is 0 Å². The maximum Gasteiger partial charge on any atom is 0.500 e. The molecule has 0 rings (SSSR count). The molecule has 0 aliphatic carbocycles. The Bertz CT molecular complexity index is 297. The van der Waals surface area contributed by atoms with Gasteiger partial charge in [0.25, 0.3) is 0 Å². The summed E-state index contributed by atoms with van der Waals surface area (Å²) in [4.78, 5) is 11.0. The first-order chi connectivity index (χ1) is 10.0. The molecule has 8 heteroatoms. The van der Waals surface area contributed by atoms with Crippen LogP contribution in [-0.4, -0.2) is 67.1 Å². The molecule has 0 saturated heterocycles. The highest BCUT2D eigenvalue weighted by molar-refractivity contribution is 6.60. The predicted octanol–water partition coefficient (Wildman–Crippen LogP) is 0.751. The van der Waals surface area contributed by atoms with Crippen LogP contribution in [0.3, 0.4) is 0 Å². The minimum Gasteiger partial charge on any atom is -0.460 e. The molecule has 1 atom stereocenters. The summed E-state index contributed by atoms with van der Waals surface area (Å²) < 4.78 is 25.9. The fourth-order valence-corrected chi connectivity index (χ4v) is 3.27. The highest BCUT2D eigenvalue weighted by Crippen LogP contribution is 2.14. The molecule has 0 amide bonds. The van der Waals surface area contributed by atoms with Crippen molar-refractivity contribution < 1.29 is 32.7 Å². The smallest absolute Gasteiger partial charge is 0.460 e. The van der Waals surface area contributed by atoms with E-state index in [-0.39, 0.29) is 13.2 Å². The van der Waals surface area contributed by atoms with E-state index in [4.69, 9.17) is 22.8 Å². The zero-order valence-corrected chi connectivity index (χ0v) is 14.2. The van der Waals surface area contributed by atoms with Crippen LogP contribution in [0.2, 0.25) is 6.04 Å². The Morgan fingerprint density at radius 3 is 2.33 bits per heavy atom. The average molecular weight is 322 g/mol. The molecule has 0 bridgehead atoms. The third-order valence-corrected chi connectivity index (χ3v) is 5.57. The van der Waals surface area contributed by atoms with Crippen LogP contribution in [-0.2, 0) is 27.5 Å². The fourth-order valence-electron chi connectivity index (χ4n) is 1.58. The molecule has 1 unspecified atom stereocenters. The number of aliphatic hydroxyl groups excluding tert-OH is 1. The van der Waals surface area contributed by atoms with Gasteiger partial charge >= 0.3 is 14.8 Å². The van der Waals surface area contributed by atoms with Gasteiger partial charge in [-0.05, 0) is 13.3 Å². The first kappa shape index (κ1) is 20.2. The molecule has 7 nitrogen and oxygen atoms in total. The number of allylic oxidation sites excluding steroid dienone is 1. The van der Waals surface area contributed by atoms with Crippen molar-refractivity contribution >= 4 is 14.8 Å². The van der Waals surface area contributed by atoms with Gasteiger partial charge in [-0.3, -0.25) is 0 Å². The Hall–Kier alpha value is -0.773. The maximum absolute atomic E-state index is 11.0. The fraction of sp³-hybridized carbons (Fsp3) is 0.769. The van der Waals surface area contributed by atoms with E-state index in [1.165, 1.54) is 6.08 Å². The summed E-state index contributed by atoms with van der Waals surface area (Å²) in [6, 6.07) is 0.628. The number of hydrogen-bond donors (Lipinski definition) is 1. The second kappa shape index (κ2) is 11.8. The van der Waals surface area contributed by atoms with Gasteiger partial charge in [0, 0.05) is 40.1 Å². The Labute approximate surface area is 127 Å². The minimum absolute atomic E-state index is 0.0872. The molecule has 0 aliphatic rings. The summed E-state index contributed by atoms with van der Waals surface area (Å²) >= 11 is 0. The minimum atomic E-state index is -2.55. The lowest BCUT2D eigenvalue weighted by molar-refractivity contribution is -0.141. The van der Waals surface area contributed by atoms with Gasteiger partial charge in [-0.25, -0.2) is 4.79 Å². The zero-order chi connectivity index (χ0) is 16.1. The number of hydrogen-bond acceptors (Lipinski definition) is 7. The van der Waals surface area contributed by atoms with Gasteiger partial charge in [0.05, 0.1) is 6.61 Å². The van der Waals surface area contributed by atoms with Crippen molar-refractivity contribution in [2.75, 3.05) is 41.2 Å². The lowest BCUT2D eigenvalue weighted by atomic mass is 10.4. The van der Waals surface area contributed by atoms with E-state index >= 15 is 0 Å². The Balaban J connectivity index is 3.73. The lowest BCUT2D eigenvalue weighted by Crippen LogP contribution is -2.42. The van der Waals surface area contributed by atoms with Crippen molar-refractivity contribution in [1.82, 2.24) is 0 Å². The molecule has 124 valence electrons. The van der Waals surface area contributed by atoms with E-state index < -0.39 is 20.9 Å². The summed E-state index contributed by atoms with van der Waals surface area (Å²) in [6.45, 7) is 2.16. The van der Waals surface area contributed by atoms with Gasteiger partial charge in [0.1, 0.15) is 12.7 Å². The van der Waals surface area contributed by atoms with E-state index in [2.05, 4.69) is 0 Å². The first-order valence-electron chi connectivity index (χ1n) is 6.74. The topological polar surface area (TPSA) is 83.5 Å². The normalized spacial score (nSPS) is 13.6. The molecular weight excluding hydrogens is 296 g/mol. The van der Waals surface area contributed by atoms with E-state index in [1.807, 2.05) is 0 Å². The standard InChI is InChI=1S/C13H26O7Si/c1-5-7-13(15)20-11-12(14)10-19-8-6-9-21(16-2,17-3)18-4/h5,7,12,14H,6,8-11H2,1-4H3. The Kier molecular flexibility index (Phi) is 11.4. The van der Waals surface area contributed by atoms with Gasteiger partial charge in [-0.15, -0.1) is 0 Å². The molecule has 0 heterocycles. The summed E-state index contributed by atoms with van der Waals surface area (Å²) in [5, 5.41) is 9.57. The van der Waals surface area contributed by atoms with E-state index in [1.54, 1.807) is 34.3 Å². The van der Waals surface area contributed by atoms with Gasteiger partial charge in [-0.1, -0.05) is 6.08 Å². The van der Waals surface area contributed by atoms with E-state index in [0.29, 0.717) is 19.1 Å². The van der Waals surface area contributed by atoms with Crippen LogP contribution in [0.4, 0.5) is 0 Å². The van der Waals surface area contributed by atoms with Crippen LogP contribution in [0.1, 0.15) is 13.3 Å². The molecule has 21 heavy (non-hydrogen) atoms. The average Bonchev–Trinajstić information content (AvgIpc) is 2.50. The van der Waals surface area contributed by atoms with Crippen LogP contribution in [0.5, 0.6) is 0 Å². The second-order valence-electron chi connectivity index (χ2n) is 4.26. The van der Waals surface area contributed by atoms with Crippen molar-refractivity contribution in [3.63, 3.8) is 0 Å². The molecule has 0 spiro atoms. The largest absolute Gasteiger partial charge is 0.500 e. The van der Waals surface area contributed by atoms with E-state index in [9.17, 15) is 9.90 Å². The van der Waals surface area contributed by atoms with Crippen LogP contribution < -0.4 is 0 Å². The van der Waals surface area contributed by atoms with Gasteiger partial charge < -0.3 is 27.9 Å². The molecule has 0 aromatic rings. The molecule has 0 radical (unpaired) electrons. The number of carbonyl (C=O) groups is 1. The quantitative estimate of drug-likeness (QED) is 0.246. The van der Waals surface area contributed by atoms with Crippen LogP contribution in [0, 0.1) is 0 Å². The SMILES string of the molecule is CC=CC(=O)OCC(O)COCCC[Si](OC)(OC)OC.